The Morgan fingerprint density at radius 3 is 2.12 bits per heavy atom. The lowest BCUT2D eigenvalue weighted by Gasteiger charge is -2.14. The lowest BCUT2D eigenvalue weighted by Crippen LogP contribution is -2.30. The van der Waals surface area contributed by atoms with E-state index in [1.807, 2.05) is 0 Å². The molecule has 0 saturated heterocycles. The highest BCUT2D eigenvalue weighted by Crippen LogP contribution is 2.29. The van der Waals surface area contributed by atoms with Gasteiger partial charge in [0.25, 0.3) is 5.91 Å². The highest BCUT2D eigenvalue weighted by atomic mass is 19.4. The van der Waals surface area contributed by atoms with Crippen molar-refractivity contribution in [2.45, 2.75) is 19.2 Å². The molecule has 8 heteroatoms. The quantitative estimate of drug-likeness (QED) is 0.824. The molecule has 0 aromatic heterocycles. The van der Waals surface area contributed by atoms with Crippen LogP contribution in [0, 0.1) is 0 Å². The molecule has 2 aromatic rings. The van der Waals surface area contributed by atoms with E-state index in [4.69, 9.17) is 9.84 Å². The third-order valence-corrected chi connectivity index (χ3v) is 3.24. The smallest absolute Gasteiger partial charge is 0.416 e. The number of hydrogen-bond acceptors (Lipinski definition) is 4. The second-order valence-electron chi connectivity index (χ2n) is 5.16. The van der Waals surface area contributed by atoms with Gasteiger partial charge in [-0.25, -0.2) is 4.79 Å². The molecule has 132 valence electrons. The number of halogens is 3. The molecule has 0 aliphatic rings. The van der Waals surface area contributed by atoms with Gasteiger partial charge < -0.3 is 15.2 Å². The summed E-state index contributed by atoms with van der Waals surface area (Å²) >= 11 is 0. The molecule has 0 radical (unpaired) electrons. The van der Waals surface area contributed by atoms with Crippen LogP contribution in [-0.2, 0) is 15.7 Å². The third-order valence-electron chi connectivity index (χ3n) is 3.24. The maximum Gasteiger partial charge on any atom is 0.416 e. The highest BCUT2D eigenvalue weighted by Gasteiger charge is 2.30. The number of phenols is 1. The summed E-state index contributed by atoms with van der Waals surface area (Å²) in [4.78, 5) is 23.8. The van der Waals surface area contributed by atoms with Crippen molar-refractivity contribution in [3.05, 3.63) is 59.7 Å². The number of phenolic OH excluding ortho intramolecular Hbond substituents is 1. The molecule has 0 saturated carbocycles. The van der Waals surface area contributed by atoms with Gasteiger partial charge in [0, 0.05) is 5.69 Å². The van der Waals surface area contributed by atoms with Crippen LogP contribution in [0.5, 0.6) is 5.75 Å². The van der Waals surface area contributed by atoms with Crippen LogP contribution in [0.4, 0.5) is 18.9 Å². The molecule has 1 atom stereocenters. The number of esters is 1. The minimum absolute atomic E-state index is 0.0235. The Morgan fingerprint density at radius 1 is 1.04 bits per heavy atom. The van der Waals surface area contributed by atoms with E-state index < -0.39 is 29.7 Å². The Labute approximate surface area is 141 Å². The fourth-order valence-electron chi connectivity index (χ4n) is 1.87. The van der Waals surface area contributed by atoms with Crippen molar-refractivity contribution in [3.8, 4) is 5.75 Å². The number of carbonyl (C=O) groups excluding carboxylic acids is 2. The van der Waals surface area contributed by atoms with E-state index in [9.17, 15) is 22.8 Å². The fraction of sp³-hybridized carbons (Fsp3) is 0.176. The second kappa shape index (κ2) is 7.25. The fourth-order valence-corrected chi connectivity index (χ4v) is 1.87. The van der Waals surface area contributed by atoms with Gasteiger partial charge in [0.15, 0.2) is 6.10 Å². The Morgan fingerprint density at radius 2 is 1.60 bits per heavy atom. The minimum atomic E-state index is -4.46. The Bertz CT molecular complexity index is 755. The lowest BCUT2D eigenvalue weighted by atomic mass is 10.2. The summed E-state index contributed by atoms with van der Waals surface area (Å²) in [6.07, 6.45) is -5.63. The summed E-state index contributed by atoms with van der Waals surface area (Å²) in [5, 5.41) is 11.5. The van der Waals surface area contributed by atoms with Crippen LogP contribution in [0.2, 0.25) is 0 Å². The highest BCUT2D eigenvalue weighted by molar-refractivity contribution is 5.97. The molecule has 0 aliphatic heterocycles. The zero-order chi connectivity index (χ0) is 18.6. The monoisotopic (exact) mass is 353 g/mol. The van der Waals surface area contributed by atoms with E-state index >= 15 is 0 Å². The molecular weight excluding hydrogens is 339 g/mol. The zero-order valence-corrected chi connectivity index (χ0v) is 13.0. The van der Waals surface area contributed by atoms with Gasteiger partial charge in [-0.05, 0) is 55.5 Å². The molecule has 2 aromatic carbocycles. The molecule has 0 fully saturated rings. The predicted molar refractivity (Wildman–Crippen MR) is 83.1 cm³/mol. The summed E-state index contributed by atoms with van der Waals surface area (Å²) in [6.45, 7) is 1.33. The number of aromatic hydroxyl groups is 1. The number of hydrogen-bond donors (Lipinski definition) is 2. The Kier molecular flexibility index (Phi) is 5.31. The largest absolute Gasteiger partial charge is 0.508 e. The number of benzene rings is 2. The molecule has 25 heavy (non-hydrogen) atoms. The summed E-state index contributed by atoms with van der Waals surface area (Å²) < 4.78 is 42.4. The first-order chi connectivity index (χ1) is 11.7. The van der Waals surface area contributed by atoms with Gasteiger partial charge in [0.05, 0.1) is 11.1 Å². The van der Waals surface area contributed by atoms with Crippen LogP contribution in [0.15, 0.2) is 48.5 Å². The van der Waals surface area contributed by atoms with Crippen LogP contribution >= 0.6 is 0 Å². The third kappa shape index (κ3) is 4.97. The van der Waals surface area contributed by atoms with E-state index in [0.717, 1.165) is 24.3 Å². The van der Waals surface area contributed by atoms with Crippen molar-refractivity contribution < 1.29 is 32.6 Å². The molecular formula is C17H14F3NO4. The van der Waals surface area contributed by atoms with Gasteiger partial charge in [0.1, 0.15) is 5.75 Å². The number of rotatable bonds is 4. The average Bonchev–Trinajstić information content (AvgIpc) is 2.55. The topological polar surface area (TPSA) is 75.6 Å². The van der Waals surface area contributed by atoms with Crippen LogP contribution in [0.3, 0.4) is 0 Å². The van der Waals surface area contributed by atoms with Gasteiger partial charge in [-0.1, -0.05) is 0 Å². The number of amides is 1. The number of ether oxygens (including phenoxy) is 1. The first kappa shape index (κ1) is 18.3. The molecule has 0 spiro atoms. The first-order valence-corrected chi connectivity index (χ1v) is 7.15. The van der Waals surface area contributed by atoms with Crippen molar-refractivity contribution in [2.75, 3.05) is 5.32 Å². The first-order valence-electron chi connectivity index (χ1n) is 7.15. The second-order valence-corrected chi connectivity index (χ2v) is 5.16. The van der Waals surface area contributed by atoms with Crippen LogP contribution in [0.1, 0.15) is 22.8 Å². The number of anilines is 1. The average molecular weight is 353 g/mol. The van der Waals surface area contributed by atoms with Gasteiger partial charge in [-0.3, -0.25) is 4.79 Å². The van der Waals surface area contributed by atoms with E-state index in [-0.39, 0.29) is 17.0 Å². The summed E-state index contributed by atoms with van der Waals surface area (Å²) in [7, 11) is 0. The SMILES string of the molecule is CC(OC(=O)c1ccc(O)cc1)C(=O)Nc1ccc(C(F)(F)F)cc1. The number of alkyl halides is 3. The van der Waals surface area contributed by atoms with Crippen molar-refractivity contribution in [1.29, 1.82) is 0 Å². The standard InChI is InChI=1S/C17H14F3NO4/c1-10(25-16(24)11-2-8-14(22)9-3-11)15(23)21-13-6-4-12(5-7-13)17(18,19)20/h2-10,22H,1H3,(H,21,23). The van der Waals surface area contributed by atoms with Crippen LogP contribution in [-0.4, -0.2) is 23.1 Å². The van der Waals surface area contributed by atoms with Crippen molar-refractivity contribution >= 4 is 17.6 Å². The van der Waals surface area contributed by atoms with Gasteiger partial charge in [-0.15, -0.1) is 0 Å². The van der Waals surface area contributed by atoms with Gasteiger partial charge >= 0.3 is 12.1 Å². The van der Waals surface area contributed by atoms with Gasteiger partial charge in [-0.2, -0.15) is 13.2 Å². The number of nitrogens with one attached hydrogen (secondary N) is 1. The molecule has 5 nitrogen and oxygen atoms in total. The van der Waals surface area contributed by atoms with Crippen molar-refractivity contribution in [1.82, 2.24) is 0 Å². The Hall–Kier alpha value is -3.03. The van der Waals surface area contributed by atoms with E-state index in [1.165, 1.54) is 31.2 Å². The Balaban J connectivity index is 1.95. The molecule has 2 N–H and O–H groups in total. The van der Waals surface area contributed by atoms with Crippen LogP contribution < -0.4 is 5.32 Å². The maximum absolute atomic E-state index is 12.5. The summed E-state index contributed by atoms with van der Waals surface area (Å²) in [6, 6.07) is 9.14. The molecule has 0 bridgehead atoms. The number of carbonyl (C=O) groups is 2. The lowest BCUT2D eigenvalue weighted by molar-refractivity contribution is -0.137. The van der Waals surface area contributed by atoms with Crippen LogP contribution in [0.25, 0.3) is 0 Å². The molecule has 0 heterocycles. The van der Waals surface area contributed by atoms with E-state index in [0.29, 0.717) is 0 Å². The van der Waals surface area contributed by atoms with Crippen molar-refractivity contribution in [2.24, 2.45) is 0 Å². The zero-order valence-electron chi connectivity index (χ0n) is 13.0. The summed E-state index contributed by atoms with van der Waals surface area (Å²) in [5.74, 6) is -1.48. The summed E-state index contributed by atoms with van der Waals surface area (Å²) in [5.41, 5.74) is -0.546. The van der Waals surface area contributed by atoms with Gasteiger partial charge in [0.2, 0.25) is 0 Å². The molecule has 0 aliphatic carbocycles. The van der Waals surface area contributed by atoms with E-state index in [2.05, 4.69) is 5.32 Å². The van der Waals surface area contributed by atoms with Crippen molar-refractivity contribution in [3.63, 3.8) is 0 Å². The predicted octanol–water partition coefficient (Wildman–Crippen LogP) is 3.60. The molecule has 1 amide bonds. The van der Waals surface area contributed by atoms with E-state index in [1.54, 1.807) is 0 Å². The maximum atomic E-state index is 12.5. The molecule has 1 unspecified atom stereocenters. The normalized spacial score (nSPS) is 12.3. The minimum Gasteiger partial charge on any atom is -0.508 e. The molecule has 2 rings (SSSR count).